The van der Waals surface area contributed by atoms with Crippen LogP contribution in [0.1, 0.15) is 18.0 Å². The molecule has 0 amide bonds. The van der Waals surface area contributed by atoms with E-state index in [0.29, 0.717) is 5.56 Å². The Hall–Kier alpha value is -1.95. The van der Waals surface area contributed by atoms with Gasteiger partial charge in [0.05, 0.1) is 13.0 Å². The molecule has 1 aromatic rings. The average Bonchev–Trinajstić information content (AvgIpc) is 2.77. The van der Waals surface area contributed by atoms with Gasteiger partial charge in [0, 0.05) is 6.04 Å². The summed E-state index contributed by atoms with van der Waals surface area (Å²) in [7, 11) is 2.95. The SMILES string of the molecule is COC(=O)[C@H]1C[C@@H](C(=O)O)[C@H](c2ccc(F)cc2)N1C. The highest BCUT2D eigenvalue weighted by Gasteiger charge is 2.47. The maximum absolute atomic E-state index is 13.0. The van der Waals surface area contributed by atoms with E-state index in [1.165, 1.54) is 19.2 Å². The van der Waals surface area contributed by atoms with Crippen molar-refractivity contribution in [3.05, 3.63) is 35.6 Å². The maximum Gasteiger partial charge on any atom is 0.323 e. The third-order valence-corrected chi connectivity index (χ3v) is 3.79. The number of carboxylic acid groups (broad SMARTS) is 1. The van der Waals surface area contributed by atoms with Crippen molar-refractivity contribution in [3.63, 3.8) is 0 Å². The summed E-state index contributed by atoms with van der Waals surface area (Å²) in [5.74, 6) is -2.54. The molecule has 1 aromatic carbocycles. The van der Waals surface area contributed by atoms with Crippen molar-refractivity contribution in [2.24, 2.45) is 5.92 Å². The van der Waals surface area contributed by atoms with Crippen molar-refractivity contribution in [1.29, 1.82) is 0 Å². The van der Waals surface area contributed by atoms with Gasteiger partial charge in [-0.1, -0.05) is 12.1 Å². The van der Waals surface area contributed by atoms with E-state index in [-0.39, 0.29) is 12.2 Å². The summed E-state index contributed by atoms with van der Waals surface area (Å²) in [4.78, 5) is 24.8. The molecule has 1 aliphatic rings. The Labute approximate surface area is 116 Å². The minimum absolute atomic E-state index is 0.181. The van der Waals surface area contributed by atoms with Crippen LogP contribution < -0.4 is 0 Å². The fourth-order valence-corrected chi connectivity index (χ4v) is 2.78. The Kier molecular flexibility index (Phi) is 4.04. The molecule has 0 saturated carbocycles. The van der Waals surface area contributed by atoms with E-state index in [2.05, 4.69) is 0 Å². The molecular weight excluding hydrogens is 265 g/mol. The molecule has 0 aromatic heterocycles. The van der Waals surface area contributed by atoms with Gasteiger partial charge < -0.3 is 9.84 Å². The topological polar surface area (TPSA) is 66.8 Å². The van der Waals surface area contributed by atoms with Crippen LogP contribution in [0, 0.1) is 11.7 Å². The highest BCUT2D eigenvalue weighted by molar-refractivity contribution is 5.79. The average molecular weight is 281 g/mol. The molecule has 2 rings (SSSR count). The summed E-state index contributed by atoms with van der Waals surface area (Å²) in [6.07, 6.45) is 0.181. The van der Waals surface area contributed by atoms with Crippen LogP contribution >= 0.6 is 0 Å². The van der Waals surface area contributed by atoms with Crippen LogP contribution in [0.2, 0.25) is 0 Å². The standard InChI is InChI=1S/C14H16FNO4/c1-16-11(14(19)20-2)7-10(13(17)18)12(16)8-3-5-9(15)6-4-8/h3-6,10-12H,7H2,1-2H3,(H,17,18)/t10-,11-,12+/m1/s1. The molecular formula is C14H16FNO4. The monoisotopic (exact) mass is 281 g/mol. The summed E-state index contributed by atoms with van der Waals surface area (Å²) < 4.78 is 17.7. The second-order valence-electron chi connectivity index (χ2n) is 4.88. The molecule has 0 unspecified atom stereocenters. The smallest absolute Gasteiger partial charge is 0.323 e. The Morgan fingerprint density at radius 1 is 1.35 bits per heavy atom. The van der Waals surface area contributed by atoms with Crippen molar-refractivity contribution in [1.82, 2.24) is 4.90 Å². The number of carbonyl (C=O) groups is 2. The lowest BCUT2D eigenvalue weighted by molar-refractivity contribution is -0.145. The number of ether oxygens (including phenoxy) is 1. The lowest BCUT2D eigenvalue weighted by atomic mass is 9.93. The van der Waals surface area contributed by atoms with Crippen LogP contribution in [0.15, 0.2) is 24.3 Å². The number of benzene rings is 1. The molecule has 0 aliphatic carbocycles. The fourth-order valence-electron chi connectivity index (χ4n) is 2.78. The van der Waals surface area contributed by atoms with E-state index in [0.717, 1.165) is 0 Å². The van der Waals surface area contributed by atoms with Gasteiger partial charge in [0.1, 0.15) is 11.9 Å². The number of esters is 1. The van der Waals surface area contributed by atoms with Crippen LogP contribution in [-0.2, 0) is 14.3 Å². The van der Waals surface area contributed by atoms with Crippen molar-refractivity contribution in [3.8, 4) is 0 Å². The van der Waals surface area contributed by atoms with Crippen LogP contribution in [0.4, 0.5) is 4.39 Å². The molecule has 3 atom stereocenters. The van der Waals surface area contributed by atoms with Gasteiger partial charge in [-0.05, 0) is 31.2 Å². The number of hydrogen-bond acceptors (Lipinski definition) is 4. The number of methoxy groups -OCH3 is 1. The zero-order chi connectivity index (χ0) is 14.9. The fraction of sp³-hybridized carbons (Fsp3) is 0.429. The minimum atomic E-state index is -0.974. The number of likely N-dealkylation sites (N-methyl/N-ethyl adjacent to an activating group) is 1. The normalized spacial score (nSPS) is 26.4. The van der Waals surface area contributed by atoms with Crippen molar-refractivity contribution >= 4 is 11.9 Å². The lowest BCUT2D eigenvalue weighted by Gasteiger charge is -2.25. The highest BCUT2D eigenvalue weighted by atomic mass is 19.1. The molecule has 0 spiro atoms. The van der Waals surface area contributed by atoms with Gasteiger partial charge in [0.25, 0.3) is 0 Å². The van der Waals surface area contributed by atoms with E-state index in [4.69, 9.17) is 4.74 Å². The summed E-state index contributed by atoms with van der Waals surface area (Å²) >= 11 is 0. The van der Waals surface area contributed by atoms with Gasteiger partial charge >= 0.3 is 11.9 Å². The molecule has 5 nitrogen and oxygen atoms in total. The number of hydrogen-bond donors (Lipinski definition) is 1. The highest BCUT2D eigenvalue weighted by Crippen LogP contribution is 2.40. The van der Waals surface area contributed by atoms with Gasteiger partial charge in [0.15, 0.2) is 0 Å². The molecule has 1 fully saturated rings. The number of carbonyl (C=O) groups excluding carboxylic acids is 1. The molecule has 1 aliphatic heterocycles. The van der Waals surface area contributed by atoms with E-state index in [1.807, 2.05) is 0 Å². The van der Waals surface area contributed by atoms with E-state index >= 15 is 0 Å². The third-order valence-electron chi connectivity index (χ3n) is 3.79. The lowest BCUT2D eigenvalue weighted by Crippen LogP contribution is -2.35. The van der Waals surface area contributed by atoms with Gasteiger partial charge in [-0.25, -0.2) is 4.39 Å². The number of rotatable bonds is 3. The molecule has 0 bridgehead atoms. The number of halogens is 1. The van der Waals surface area contributed by atoms with Crippen molar-refractivity contribution < 1.29 is 23.8 Å². The van der Waals surface area contributed by atoms with Gasteiger partial charge in [-0.2, -0.15) is 0 Å². The molecule has 1 heterocycles. The first kappa shape index (κ1) is 14.5. The van der Waals surface area contributed by atoms with Crippen molar-refractivity contribution in [2.75, 3.05) is 14.2 Å². The summed E-state index contributed by atoms with van der Waals surface area (Å²) in [5, 5.41) is 9.34. The van der Waals surface area contributed by atoms with Crippen LogP contribution in [0.5, 0.6) is 0 Å². The first-order valence-corrected chi connectivity index (χ1v) is 6.23. The third kappa shape index (κ3) is 2.51. The Morgan fingerprint density at radius 3 is 2.45 bits per heavy atom. The zero-order valence-corrected chi connectivity index (χ0v) is 11.2. The number of nitrogens with zero attached hydrogens (tertiary/aromatic N) is 1. The van der Waals surface area contributed by atoms with E-state index in [1.54, 1.807) is 24.1 Å². The second kappa shape index (κ2) is 5.58. The molecule has 1 N–H and O–H groups in total. The zero-order valence-electron chi connectivity index (χ0n) is 11.2. The molecule has 20 heavy (non-hydrogen) atoms. The van der Waals surface area contributed by atoms with Crippen LogP contribution in [0.3, 0.4) is 0 Å². The quantitative estimate of drug-likeness (QED) is 0.849. The maximum atomic E-state index is 13.0. The Balaban J connectivity index is 2.35. The number of carboxylic acids is 1. The van der Waals surface area contributed by atoms with Gasteiger partial charge in [-0.15, -0.1) is 0 Å². The summed E-state index contributed by atoms with van der Waals surface area (Å²) in [6, 6.07) is 4.59. The first-order valence-electron chi connectivity index (χ1n) is 6.23. The van der Waals surface area contributed by atoms with Gasteiger partial charge in [-0.3, -0.25) is 14.5 Å². The van der Waals surface area contributed by atoms with Crippen molar-refractivity contribution in [2.45, 2.75) is 18.5 Å². The Morgan fingerprint density at radius 2 is 1.95 bits per heavy atom. The minimum Gasteiger partial charge on any atom is -0.481 e. The largest absolute Gasteiger partial charge is 0.481 e. The first-order chi connectivity index (χ1) is 9.45. The predicted octanol–water partition coefficient (Wildman–Crippen LogP) is 1.44. The van der Waals surface area contributed by atoms with E-state index in [9.17, 15) is 19.1 Å². The van der Waals surface area contributed by atoms with Crippen LogP contribution in [0.25, 0.3) is 0 Å². The van der Waals surface area contributed by atoms with Gasteiger partial charge in [0.2, 0.25) is 0 Å². The number of likely N-dealkylation sites (tertiary alicyclic amines) is 1. The Bertz CT molecular complexity index is 516. The van der Waals surface area contributed by atoms with E-state index < -0.39 is 29.9 Å². The number of aliphatic carboxylic acids is 1. The second-order valence-corrected chi connectivity index (χ2v) is 4.88. The summed E-state index contributed by atoms with van der Waals surface area (Å²) in [6.45, 7) is 0. The molecule has 6 heteroatoms. The molecule has 1 saturated heterocycles. The van der Waals surface area contributed by atoms with Crippen LogP contribution in [-0.4, -0.2) is 42.1 Å². The summed E-state index contributed by atoms with van der Waals surface area (Å²) in [5.41, 5.74) is 0.674. The molecule has 0 radical (unpaired) electrons. The predicted molar refractivity (Wildman–Crippen MR) is 68.5 cm³/mol. The molecule has 108 valence electrons.